The van der Waals surface area contributed by atoms with Gasteiger partial charge in [0.25, 0.3) is 0 Å². The summed E-state index contributed by atoms with van der Waals surface area (Å²) in [5.74, 6) is 4.15. The highest BCUT2D eigenvalue weighted by Gasteiger charge is 2.36. The quantitative estimate of drug-likeness (QED) is 0.384. The number of nitrogens with two attached hydrogens (primary N) is 1. The Morgan fingerprint density at radius 2 is 1.61 bits per heavy atom. The summed E-state index contributed by atoms with van der Waals surface area (Å²) in [6.07, 6.45) is -3.90. The van der Waals surface area contributed by atoms with Crippen molar-refractivity contribution in [2.24, 2.45) is 5.84 Å². The lowest BCUT2D eigenvalue weighted by Gasteiger charge is -2.17. The molecule has 5 nitrogen and oxygen atoms in total. The number of amides is 2. The first-order valence-electron chi connectivity index (χ1n) is 8.24. The topological polar surface area (TPSA) is 84.2 Å². The van der Waals surface area contributed by atoms with Gasteiger partial charge < -0.3 is 5.32 Å². The number of nitrogens with one attached hydrogen (secondary N) is 2. The molecule has 0 saturated heterocycles. The van der Waals surface area contributed by atoms with E-state index in [0.29, 0.717) is 6.42 Å². The molecule has 0 fully saturated rings. The van der Waals surface area contributed by atoms with Crippen LogP contribution in [0.15, 0.2) is 42.5 Å². The summed E-state index contributed by atoms with van der Waals surface area (Å²) < 4.78 is 40.5. The zero-order chi connectivity index (χ0) is 20.0. The first kappa shape index (κ1) is 23.5. The van der Waals surface area contributed by atoms with Crippen LogP contribution >= 0.6 is 12.4 Å². The number of aryl methyl sites for hydroxylation is 2. The molecule has 0 bridgehead atoms. The Bertz CT molecular complexity index is 824. The zero-order valence-corrected chi connectivity index (χ0v) is 15.9. The molecule has 0 spiro atoms. The molecule has 9 heteroatoms. The summed E-state index contributed by atoms with van der Waals surface area (Å²) >= 11 is 0. The molecule has 0 aliphatic carbocycles. The van der Waals surface area contributed by atoms with Crippen molar-refractivity contribution < 1.29 is 22.8 Å². The highest BCUT2D eigenvalue weighted by atomic mass is 35.5. The van der Waals surface area contributed by atoms with Gasteiger partial charge in [-0.3, -0.25) is 15.0 Å². The largest absolute Gasteiger partial charge is 0.418 e. The molecule has 2 aromatic carbocycles. The molecule has 2 amide bonds. The second-order valence-corrected chi connectivity index (χ2v) is 6.08. The zero-order valence-electron chi connectivity index (χ0n) is 15.1. The first-order chi connectivity index (χ1) is 12.7. The van der Waals surface area contributed by atoms with Crippen molar-refractivity contribution in [3.63, 3.8) is 0 Å². The Morgan fingerprint density at radius 1 is 1.00 bits per heavy atom. The maximum Gasteiger partial charge on any atom is 0.418 e. The number of hydrogen-bond acceptors (Lipinski definition) is 3. The molecule has 0 atom stereocenters. The predicted molar refractivity (Wildman–Crippen MR) is 103 cm³/mol. The maximum absolute atomic E-state index is 13.5. The Balaban J connectivity index is 0.00000392. The fourth-order valence-corrected chi connectivity index (χ4v) is 2.78. The Labute approximate surface area is 166 Å². The van der Waals surface area contributed by atoms with E-state index in [2.05, 4.69) is 5.32 Å². The van der Waals surface area contributed by atoms with Crippen molar-refractivity contribution in [3.8, 4) is 0 Å². The number of halogens is 4. The summed E-state index contributed by atoms with van der Waals surface area (Å²) in [5, 5.41) is 2.24. The molecule has 28 heavy (non-hydrogen) atoms. The molecule has 4 N–H and O–H groups in total. The van der Waals surface area contributed by atoms with E-state index in [9.17, 15) is 22.8 Å². The molecule has 0 unspecified atom stereocenters. The summed E-state index contributed by atoms with van der Waals surface area (Å²) in [6, 6.07) is 11.2. The Kier molecular flexibility index (Phi) is 8.46. The molecule has 0 saturated carbocycles. The van der Waals surface area contributed by atoms with E-state index in [0.717, 1.165) is 11.1 Å². The van der Waals surface area contributed by atoms with E-state index >= 15 is 0 Å². The monoisotopic (exact) mass is 415 g/mol. The van der Waals surface area contributed by atoms with E-state index in [1.165, 1.54) is 25.1 Å². The van der Waals surface area contributed by atoms with Crippen molar-refractivity contribution in [1.29, 1.82) is 0 Å². The van der Waals surface area contributed by atoms with Gasteiger partial charge in [0, 0.05) is 6.92 Å². The van der Waals surface area contributed by atoms with Crippen LogP contribution in [-0.2, 0) is 35.0 Å². The summed E-state index contributed by atoms with van der Waals surface area (Å²) in [4.78, 5) is 22.4. The Hall–Kier alpha value is -2.58. The van der Waals surface area contributed by atoms with Gasteiger partial charge in [0.15, 0.2) is 0 Å². The van der Waals surface area contributed by atoms with Crippen LogP contribution in [0.3, 0.4) is 0 Å². The van der Waals surface area contributed by atoms with E-state index in [4.69, 9.17) is 5.84 Å². The minimum Gasteiger partial charge on any atom is -0.326 e. The summed E-state index contributed by atoms with van der Waals surface area (Å²) in [7, 11) is 0. The van der Waals surface area contributed by atoms with Gasteiger partial charge in [-0.25, -0.2) is 5.84 Å². The lowest BCUT2D eigenvalue weighted by Crippen LogP contribution is -2.31. The molecule has 0 aliphatic heterocycles. The SMILES string of the molecule is CC(=O)Nc1cccc(CCc2ccc(CC(=O)NN)cc2)c1C(F)(F)F.Cl. The number of carbonyl (C=O) groups is 2. The molecular formula is C19H21ClF3N3O2. The third kappa shape index (κ3) is 6.54. The molecule has 2 rings (SSSR count). The first-order valence-corrected chi connectivity index (χ1v) is 8.24. The minimum absolute atomic E-state index is 0. The van der Waals surface area contributed by atoms with Gasteiger partial charge in [-0.15, -0.1) is 12.4 Å². The second kappa shape index (κ2) is 10.1. The van der Waals surface area contributed by atoms with Gasteiger partial charge >= 0.3 is 6.18 Å². The number of hydrogen-bond donors (Lipinski definition) is 3. The summed E-state index contributed by atoms with van der Waals surface area (Å²) in [6.45, 7) is 1.17. The number of hydrazine groups is 1. The molecule has 0 aliphatic rings. The maximum atomic E-state index is 13.5. The van der Waals surface area contributed by atoms with Crippen LogP contribution < -0.4 is 16.6 Å². The normalized spacial score (nSPS) is 10.8. The third-order valence-corrected chi connectivity index (χ3v) is 3.98. The average molecular weight is 416 g/mol. The van der Waals surface area contributed by atoms with Gasteiger partial charge in [-0.1, -0.05) is 36.4 Å². The van der Waals surface area contributed by atoms with Crippen LogP contribution in [0.2, 0.25) is 0 Å². The van der Waals surface area contributed by atoms with Crippen molar-refractivity contribution in [1.82, 2.24) is 5.43 Å². The van der Waals surface area contributed by atoms with E-state index in [-0.39, 0.29) is 42.4 Å². The predicted octanol–water partition coefficient (Wildman–Crippen LogP) is 3.40. The number of alkyl halides is 3. The van der Waals surface area contributed by atoms with Gasteiger partial charge in [0.1, 0.15) is 0 Å². The molecule has 2 aromatic rings. The van der Waals surface area contributed by atoms with Gasteiger partial charge in [0.2, 0.25) is 11.8 Å². The van der Waals surface area contributed by atoms with E-state index in [1.807, 2.05) is 5.43 Å². The number of carbonyl (C=O) groups excluding carboxylic acids is 2. The Morgan fingerprint density at radius 3 is 2.14 bits per heavy atom. The number of benzene rings is 2. The van der Waals surface area contributed by atoms with Crippen molar-refractivity contribution in [2.75, 3.05) is 5.32 Å². The van der Waals surface area contributed by atoms with Crippen molar-refractivity contribution in [2.45, 2.75) is 32.4 Å². The molecule has 0 radical (unpaired) electrons. The third-order valence-electron chi connectivity index (χ3n) is 3.98. The van der Waals surface area contributed by atoms with Crippen molar-refractivity contribution >= 4 is 29.9 Å². The van der Waals surface area contributed by atoms with E-state index in [1.54, 1.807) is 24.3 Å². The molecule has 0 aromatic heterocycles. The number of anilines is 1. The molecular weight excluding hydrogens is 395 g/mol. The van der Waals surface area contributed by atoms with Crippen molar-refractivity contribution in [3.05, 3.63) is 64.7 Å². The fourth-order valence-electron chi connectivity index (χ4n) is 2.78. The highest BCUT2D eigenvalue weighted by molar-refractivity contribution is 5.90. The smallest absolute Gasteiger partial charge is 0.326 e. The van der Waals surface area contributed by atoms with Crippen LogP contribution in [-0.4, -0.2) is 11.8 Å². The van der Waals surface area contributed by atoms with Gasteiger partial charge in [-0.2, -0.15) is 13.2 Å². The number of rotatable bonds is 6. The van der Waals surface area contributed by atoms with Crippen LogP contribution in [0.1, 0.15) is 29.2 Å². The van der Waals surface area contributed by atoms with Crippen LogP contribution in [0.5, 0.6) is 0 Å². The molecule has 0 heterocycles. The van der Waals surface area contributed by atoms with Crippen LogP contribution in [0.25, 0.3) is 0 Å². The van der Waals surface area contributed by atoms with E-state index < -0.39 is 17.6 Å². The highest BCUT2D eigenvalue weighted by Crippen LogP contribution is 2.38. The molecule has 152 valence electrons. The van der Waals surface area contributed by atoms with Gasteiger partial charge in [0.05, 0.1) is 17.7 Å². The average Bonchev–Trinajstić information content (AvgIpc) is 2.59. The lowest BCUT2D eigenvalue weighted by atomic mass is 9.97. The minimum atomic E-state index is -4.58. The standard InChI is InChI=1S/C19H20F3N3O2.ClH/c1-12(26)24-16-4-2-3-15(18(16)19(20,21)22)10-9-13-5-7-14(8-6-13)11-17(27)25-23;/h2-8H,9-11,23H2,1H3,(H,24,26)(H,25,27);1H. The summed E-state index contributed by atoms with van der Waals surface area (Å²) in [5.41, 5.74) is 2.68. The van der Waals surface area contributed by atoms with Gasteiger partial charge in [-0.05, 0) is 35.6 Å². The van der Waals surface area contributed by atoms with Crippen LogP contribution in [0.4, 0.5) is 18.9 Å². The second-order valence-electron chi connectivity index (χ2n) is 6.08. The van der Waals surface area contributed by atoms with Crippen LogP contribution in [0, 0.1) is 0 Å². The lowest BCUT2D eigenvalue weighted by molar-refractivity contribution is -0.137. The fraction of sp³-hybridized carbons (Fsp3) is 0.263.